The van der Waals surface area contributed by atoms with Gasteiger partial charge in [0.2, 0.25) is 0 Å². The lowest BCUT2D eigenvalue weighted by atomic mass is 9.91. The monoisotopic (exact) mass is 274 g/mol. The molecular weight excluding hydrogens is 252 g/mol. The van der Waals surface area contributed by atoms with Gasteiger partial charge in [-0.15, -0.1) is 0 Å². The van der Waals surface area contributed by atoms with Crippen molar-refractivity contribution >= 4 is 11.8 Å². The van der Waals surface area contributed by atoms with E-state index in [2.05, 4.69) is 18.7 Å². The first kappa shape index (κ1) is 13.4. The maximum Gasteiger partial charge on any atom is 0.339 e. The van der Waals surface area contributed by atoms with Crippen LogP contribution in [-0.4, -0.2) is 28.6 Å². The zero-order valence-electron chi connectivity index (χ0n) is 12.2. The summed E-state index contributed by atoms with van der Waals surface area (Å²) in [4.78, 5) is 18.5. The number of carbonyl (C=O) groups is 1. The van der Waals surface area contributed by atoms with Crippen LogP contribution in [0.2, 0.25) is 0 Å². The fraction of sp³-hybridized carbons (Fsp3) is 0.625. The van der Waals surface area contributed by atoms with Crippen molar-refractivity contribution in [2.24, 2.45) is 5.92 Å². The largest absolute Gasteiger partial charge is 0.478 e. The minimum atomic E-state index is -0.854. The van der Waals surface area contributed by atoms with Gasteiger partial charge in [0.15, 0.2) is 0 Å². The number of aromatic carboxylic acids is 1. The molecular formula is C16H22N2O2. The van der Waals surface area contributed by atoms with E-state index in [1.165, 1.54) is 6.42 Å². The summed E-state index contributed by atoms with van der Waals surface area (Å²) in [6, 6.07) is 2.22. The van der Waals surface area contributed by atoms with Gasteiger partial charge >= 0.3 is 5.97 Å². The van der Waals surface area contributed by atoms with E-state index in [9.17, 15) is 9.90 Å². The molecule has 2 unspecified atom stereocenters. The molecule has 0 bridgehead atoms. The van der Waals surface area contributed by atoms with Crippen LogP contribution in [0.25, 0.3) is 0 Å². The molecule has 2 atom stereocenters. The third-order valence-electron chi connectivity index (χ3n) is 4.91. The molecule has 0 radical (unpaired) electrons. The predicted molar refractivity (Wildman–Crippen MR) is 78.4 cm³/mol. The maximum absolute atomic E-state index is 11.6. The Kier molecular flexibility index (Phi) is 3.40. The Hall–Kier alpha value is -1.58. The normalized spacial score (nSPS) is 25.6. The number of hydrogen-bond donors (Lipinski definition) is 1. The summed E-state index contributed by atoms with van der Waals surface area (Å²) in [6.45, 7) is 5.34. The van der Waals surface area contributed by atoms with Crippen molar-refractivity contribution in [3.8, 4) is 0 Å². The molecule has 4 heteroatoms. The number of fused-ring (bicyclic) bond motifs is 1. The van der Waals surface area contributed by atoms with Crippen LogP contribution in [0.1, 0.15) is 54.7 Å². The summed E-state index contributed by atoms with van der Waals surface area (Å²) in [5.41, 5.74) is 2.62. The second kappa shape index (κ2) is 5.08. The topological polar surface area (TPSA) is 53.4 Å². The van der Waals surface area contributed by atoms with E-state index in [0.717, 1.165) is 43.5 Å². The van der Waals surface area contributed by atoms with Crippen LogP contribution in [0.3, 0.4) is 0 Å². The number of rotatable bonds is 2. The van der Waals surface area contributed by atoms with Gasteiger partial charge in [0.05, 0.1) is 0 Å². The molecule has 0 amide bonds. The first-order valence-electron chi connectivity index (χ1n) is 7.60. The van der Waals surface area contributed by atoms with E-state index in [-0.39, 0.29) is 0 Å². The van der Waals surface area contributed by atoms with Crippen molar-refractivity contribution < 1.29 is 9.90 Å². The first-order valence-corrected chi connectivity index (χ1v) is 7.60. The number of nitrogens with zero attached hydrogens (tertiary/aromatic N) is 2. The molecule has 1 aromatic rings. The van der Waals surface area contributed by atoms with E-state index in [1.54, 1.807) is 0 Å². The summed E-state index contributed by atoms with van der Waals surface area (Å²) in [6.07, 6.45) is 5.38. The highest BCUT2D eigenvalue weighted by atomic mass is 16.4. The summed E-state index contributed by atoms with van der Waals surface area (Å²) in [5, 5.41) is 9.51. The van der Waals surface area contributed by atoms with Gasteiger partial charge in [0.25, 0.3) is 0 Å². The molecule has 108 valence electrons. The zero-order chi connectivity index (χ0) is 14.3. The molecule has 20 heavy (non-hydrogen) atoms. The quantitative estimate of drug-likeness (QED) is 0.901. The van der Waals surface area contributed by atoms with Crippen molar-refractivity contribution in [2.45, 2.75) is 52.0 Å². The SMILES string of the molecule is CC1CCCN(c2nc3c(cc2C(=O)O)CCC3)C1C. The van der Waals surface area contributed by atoms with Gasteiger partial charge < -0.3 is 10.0 Å². The summed E-state index contributed by atoms with van der Waals surface area (Å²) < 4.78 is 0. The maximum atomic E-state index is 11.6. The van der Waals surface area contributed by atoms with Crippen LogP contribution in [0, 0.1) is 5.92 Å². The predicted octanol–water partition coefficient (Wildman–Crippen LogP) is 2.89. The Bertz CT molecular complexity index is 542. The average Bonchev–Trinajstić information content (AvgIpc) is 2.87. The van der Waals surface area contributed by atoms with E-state index in [1.807, 2.05) is 6.07 Å². The van der Waals surface area contributed by atoms with E-state index in [4.69, 9.17) is 4.98 Å². The van der Waals surface area contributed by atoms with Gasteiger partial charge in [-0.1, -0.05) is 6.92 Å². The van der Waals surface area contributed by atoms with Crippen LogP contribution in [0.15, 0.2) is 6.07 Å². The molecule has 2 heterocycles. The number of hydrogen-bond acceptors (Lipinski definition) is 3. The molecule has 3 rings (SSSR count). The van der Waals surface area contributed by atoms with Gasteiger partial charge in [-0.25, -0.2) is 9.78 Å². The van der Waals surface area contributed by atoms with Crippen molar-refractivity contribution in [2.75, 3.05) is 11.4 Å². The second-order valence-electron chi connectivity index (χ2n) is 6.18. The Labute approximate surface area is 119 Å². The zero-order valence-corrected chi connectivity index (χ0v) is 12.2. The van der Waals surface area contributed by atoms with E-state index >= 15 is 0 Å². The molecule has 1 aliphatic carbocycles. The van der Waals surface area contributed by atoms with Crippen LogP contribution < -0.4 is 4.90 Å². The third kappa shape index (κ3) is 2.17. The van der Waals surface area contributed by atoms with Crippen LogP contribution in [-0.2, 0) is 12.8 Å². The van der Waals surface area contributed by atoms with Crippen LogP contribution in [0.5, 0.6) is 0 Å². The minimum absolute atomic E-state index is 0.355. The lowest BCUT2D eigenvalue weighted by molar-refractivity contribution is 0.0696. The van der Waals surface area contributed by atoms with Crippen molar-refractivity contribution in [3.05, 3.63) is 22.9 Å². The minimum Gasteiger partial charge on any atom is -0.478 e. The van der Waals surface area contributed by atoms with E-state index < -0.39 is 5.97 Å². The van der Waals surface area contributed by atoms with Crippen LogP contribution in [0.4, 0.5) is 5.82 Å². The summed E-state index contributed by atoms with van der Waals surface area (Å²) in [7, 11) is 0. The lowest BCUT2D eigenvalue weighted by Gasteiger charge is -2.39. The fourth-order valence-electron chi connectivity index (χ4n) is 3.47. The molecule has 0 saturated carbocycles. The number of carboxylic acids is 1. The summed E-state index contributed by atoms with van der Waals surface area (Å²) in [5.74, 6) is 0.422. The van der Waals surface area contributed by atoms with Gasteiger partial charge in [0, 0.05) is 18.3 Å². The highest BCUT2D eigenvalue weighted by Gasteiger charge is 2.30. The highest BCUT2D eigenvalue weighted by molar-refractivity contribution is 5.93. The Morgan fingerprint density at radius 2 is 2.15 bits per heavy atom. The third-order valence-corrected chi connectivity index (χ3v) is 4.91. The molecule has 0 spiro atoms. The molecule has 1 saturated heterocycles. The van der Waals surface area contributed by atoms with E-state index in [0.29, 0.717) is 23.3 Å². The molecule has 1 aromatic heterocycles. The fourth-order valence-corrected chi connectivity index (χ4v) is 3.47. The van der Waals surface area contributed by atoms with Crippen molar-refractivity contribution in [3.63, 3.8) is 0 Å². The van der Waals surface area contributed by atoms with Gasteiger partial charge in [0.1, 0.15) is 11.4 Å². The molecule has 2 aliphatic rings. The van der Waals surface area contributed by atoms with Crippen molar-refractivity contribution in [1.29, 1.82) is 0 Å². The molecule has 1 aliphatic heterocycles. The van der Waals surface area contributed by atoms with Gasteiger partial charge in [-0.3, -0.25) is 0 Å². The number of pyridine rings is 1. The summed E-state index contributed by atoms with van der Waals surface area (Å²) >= 11 is 0. The van der Waals surface area contributed by atoms with Gasteiger partial charge in [-0.2, -0.15) is 0 Å². The Morgan fingerprint density at radius 1 is 1.35 bits per heavy atom. The second-order valence-corrected chi connectivity index (χ2v) is 6.18. The molecule has 1 fully saturated rings. The standard InChI is InChI=1S/C16H22N2O2/c1-10-5-4-8-18(11(10)2)15-13(16(19)20)9-12-6-3-7-14(12)17-15/h9-11H,3-8H2,1-2H3,(H,19,20). The average molecular weight is 274 g/mol. The first-order chi connectivity index (χ1) is 9.58. The van der Waals surface area contributed by atoms with Crippen molar-refractivity contribution in [1.82, 2.24) is 4.98 Å². The molecule has 1 N–H and O–H groups in total. The molecule has 4 nitrogen and oxygen atoms in total. The van der Waals surface area contributed by atoms with Crippen LogP contribution >= 0.6 is 0 Å². The van der Waals surface area contributed by atoms with Gasteiger partial charge in [-0.05, 0) is 56.6 Å². The Morgan fingerprint density at radius 3 is 2.90 bits per heavy atom. The number of aryl methyl sites for hydroxylation is 2. The highest BCUT2D eigenvalue weighted by Crippen LogP contribution is 2.32. The lowest BCUT2D eigenvalue weighted by Crippen LogP contribution is -2.43. The number of carboxylic acid groups (broad SMARTS) is 1. The number of piperidine rings is 1. The number of anilines is 1. The smallest absolute Gasteiger partial charge is 0.339 e. The Balaban J connectivity index is 2.05. The number of aromatic nitrogens is 1. The molecule has 0 aromatic carbocycles.